The monoisotopic (exact) mass is 227 g/mol. The minimum atomic E-state index is 0. The summed E-state index contributed by atoms with van der Waals surface area (Å²) in [7, 11) is 0. The van der Waals surface area contributed by atoms with E-state index in [1.165, 1.54) is 24.8 Å². The maximum Gasteiger partial charge on any atom is 0.115 e. The largest absolute Gasteiger partial charge is 0.310 e. The average molecular weight is 228 g/mol. The third-order valence-electron chi connectivity index (χ3n) is 2.76. The Balaban J connectivity index is 0.00000112. The van der Waals surface area contributed by atoms with Gasteiger partial charge in [0, 0.05) is 30.5 Å². The second-order valence-corrected chi connectivity index (χ2v) is 4.02. The van der Waals surface area contributed by atoms with Gasteiger partial charge in [0.1, 0.15) is 6.33 Å². The summed E-state index contributed by atoms with van der Waals surface area (Å²) in [4.78, 5) is 7.97. The van der Waals surface area contributed by atoms with E-state index in [2.05, 4.69) is 22.2 Å². The van der Waals surface area contributed by atoms with Crippen molar-refractivity contribution < 1.29 is 0 Å². The first-order valence-corrected chi connectivity index (χ1v) is 5.37. The van der Waals surface area contributed by atoms with Crippen molar-refractivity contribution in [3.63, 3.8) is 0 Å². The van der Waals surface area contributed by atoms with Crippen LogP contribution in [0.2, 0.25) is 0 Å². The average Bonchev–Trinajstić information content (AvgIpc) is 2.96. The van der Waals surface area contributed by atoms with Gasteiger partial charge in [0.05, 0.1) is 0 Å². The molecule has 84 valence electrons. The molecule has 15 heavy (non-hydrogen) atoms. The molecule has 1 aliphatic carbocycles. The Labute approximate surface area is 97.1 Å². The molecule has 0 bridgehead atoms. The molecule has 0 amide bonds. The topological polar surface area (TPSA) is 37.8 Å². The molecular weight excluding hydrogens is 210 g/mol. The molecule has 0 spiro atoms. The molecule has 1 heterocycles. The van der Waals surface area contributed by atoms with E-state index in [0.717, 1.165) is 18.5 Å². The van der Waals surface area contributed by atoms with Gasteiger partial charge in [-0.15, -0.1) is 12.4 Å². The highest BCUT2D eigenvalue weighted by Crippen LogP contribution is 2.34. The summed E-state index contributed by atoms with van der Waals surface area (Å²) >= 11 is 0. The Kier molecular flexibility index (Phi) is 4.99. The van der Waals surface area contributed by atoms with E-state index < -0.39 is 0 Å². The van der Waals surface area contributed by atoms with Crippen molar-refractivity contribution in [1.82, 2.24) is 15.3 Å². The van der Waals surface area contributed by atoms with Crippen LogP contribution in [0.15, 0.2) is 18.7 Å². The van der Waals surface area contributed by atoms with Crippen molar-refractivity contribution in [2.75, 3.05) is 0 Å². The summed E-state index contributed by atoms with van der Waals surface area (Å²) in [5.74, 6) is 0.921. The van der Waals surface area contributed by atoms with Gasteiger partial charge in [-0.05, 0) is 18.8 Å². The van der Waals surface area contributed by atoms with Gasteiger partial charge < -0.3 is 5.32 Å². The first kappa shape index (κ1) is 12.4. The van der Waals surface area contributed by atoms with Crippen molar-refractivity contribution >= 4 is 12.4 Å². The summed E-state index contributed by atoms with van der Waals surface area (Å²) < 4.78 is 0. The normalized spacial score (nSPS) is 23.3. The van der Waals surface area contributed by atoms with Crippen LogP contribution in [0.1, 0.15) is 31.7 Å². The molecule has 0 radical (unpaired) electrons. The molecule has 1 fully saturated rings. The highest BCUT2D eigenvalue weighted by atomic mass is 35.5. The first-order chi connectivity index (χ1) is 6.90. The van der Waals surface area contributed by atoms with Crippen LogP contribution in [0.5, 0.6) is 0 Å². The molecule has 1 N–H and O–H groups in total. The molecular formula is C11H18ClN3. The standard InChI is InChI=1S/C11H17N3.ClH/c1-2-3-10-4-11(10)14-7-9-5-12-8-13-6-9;/h5-6,8,10-11,14H,2-4,7H2,1H3;1H. The third kappa shape index (κ3) is 3.76. The quantitative estimate of drug-likeness (QED) is 0.838. The predicted molar refractivity (Wildman–Crippen MR) is 62.9 cm³/mol. The fraction of sp³-hybridized carbons (Fsp3) is 0.636. The molecule has 0 aromatic carbocycles. The molecule has 1 aliphatic rings. The summed E-state index contributed by atoms with van der Waals surface area (Å²) in [6.45, 7) is 3.16. The number of hydrogen-bond donors (Lipinski definition) is 1. The summed E-state index contributed by atoms with van der Waals surface area (Å²) in [5.41, 5.74) is 1.18. The number of nitrogens with zero attached hydrogens (tertiary/aromatic N) is 2. The Morgan fingerprint density at radius 3 is 2.80 bits per heavy atom. The lowest BCUT2D eigenvalue weighted by atomic mass is 10.2. The zero-order valence-electron chi connectivity index (χ0n) is 9.02. The van der Waals surface area contributed by atoms with Crippen LogP contribution in [0.4, 0.5) is 0 Å². The van der Waals surface area contributed by atoms with Crippen LogP contribution in [-0.2, 0) is 6.54 Å². The summed E-state index contributed by atoms with van der Waals surface area (Å²) in [6.07, 6.45) is 9.33. The van der Waals surface area contributed by atoms with E-state index >= 15 is 0 Å². The smallest absolute Gasteiger partial charge is 0.115 e. The highest BCUT2D eigenvalue weighted by Gasteiger charge is 2.35. The van der Waals surface area contributed by atoms with E-state index in [4.69, 9.17) is 0 Å². The van der Waals surface area contributed by atoms with Crippen molar-refractivity contribution in [3.8, 4) is 0 Å². The molecule has 2 unspecified atom stereocenters. The first-order valence-electron chi connectivity index (χ1n) is 5.37. The van der Waals surface area contributed by atoms with Crippen LogP contribution in [0.3, 0.4) is 0 Å². The molecule has 4 heteroatoms. The lowest BCUT2D eigenvalue weighted by Crippen LogP contribution is -2.17. The van der Waals surface area contributed by atoms with Crippen LogP contribution >= 0.6 is 12.4 Å². The number of hydrogen-bond acceptors (Lipinski definition) is 3. The minimum absolute atomic E-state index is 0. The number of halogens is 1. The van der Waals surface area contributed by atoms with Gasteiger partial charge in [-0.1, -0.05) is 13.3 Å². The van der Waals surface area contributed by atoms with Crippen molar-refractivity contribution in [3.05, 3.63) is 24.3 Å². The number of rotatable bonds is 5. The van der Waals surface area contributed by atoms with Crippen LogP contribution in [0.25, 0.3) is 0 Å². The lowest BCUT2D eigenvalue weighted by molar-refractivity contribution is 0.598. The fourth-order valence-electron chi connectivity index (χ4n) is 1.86. The Hall–Kier alpha value is -0.670. The van der Waals surface area contributed by atoms with Crippen LogP contribution < -0.4 is 5.32 Å². The van der Waals surface area contributed by atoms with E-state index in [1.807, 2.05) is 12.4 Å². The molecule has 1 saturated carbocycles. The summed E-state index contributed by atoms with van der Waals surface area (Å²) in [6, 6.07) is 0.746. The maximum atomic E-state index is 3.99. The zero-order chi connectivity index (χ0) is 9.80. The zero-order valence-corrected chi connectivity index (χ0v) is 9.83. The Morgan fingerprint density at radius 1 is 1.40 bits per heavy atom. The van der Waals surface area contributed by atoms with Gasteiger partial charge in [-0.3, -0.25) is 0 Å². The van der Waals surface area contributed by atoms with E-state index in [-0.39, 0.29) is 12.4 Å². The molecule has 1 aromatic rings. The molecule has 0 aliphatic heterocycles. The lowest BCUT2D eigenvalue weighted by Gasteiger charge is -2.02. The molecule has 3 nitrogen and oxygen atoms in total. The Bertz CT molecular complexity index is 278. The maximum absolute atomic E-state index is 3.99. The van der Waals surface area contributed by atoms with Gasteiger partial charge in [0.2, 0.25) is 0 Å². The van der Waals surface area contributed by atoms with Gasteiger partial charge in [0.25, 0.3) is 0 Å². The molecule has 1 aromatic heterocycles. The summed E-state index contributed by atoms with van der Waals surface area (Å²) in [5, 5.41) is 3.53. The minimum Gasteiger partial charge on any atom is -0.310 e. The van der Waals surface area contributed by atoms with E-state index in [1.54, 1.807) is 6.33 Å². The van der Waals surface area contributed by atoms with Gasteiger partial charge in [0.15, 0.2) is 0 Å². The van der Waals surface area contributed by atoms with E-state index in [0.29, 0.717) is 0 Å². The molecule has 2 atom stereocenters. The van der Waals surface area contributed by atoms with Gasteiger partial charge in [-0.25, -0.2) is 9.97 Å². The van der Waals surface area contributed by atoms with Crippen LogP contribution in [0, 0.1) is 5.92 Å². The predicted octanol–water partition coefficient (Wildman–Crippen LogP) is 2.18. The van der Waals surface area contributed by atoms with Crippen molar-refractivity contribution in [1.29, 1.82) is 0 Å². The highest BCUT2D eigenvalue weighted by molar-refractivity contribution is 5.85. The van der Waals surface area contributed by atoms with Crippen molar-refractivity contribution in [2.24, 2.45) is 5.92 Å². The number of aromatic nitrogens is 2. The SMILES string of the molecule is CCCC1CC1NCc1cncnc1.Cl. The second kappa shape index (κ2) is 6.03. The van der Waals surface area contributed by atoms with Crippen molar-refractivity contribution in [2.45, 2.75) is 38.8 Å². The molecule has 0 saturated heterocycles. The van der Waals surface area contributed by atoms with Gasteiger partial charge >= 0.3 is 0 Å². The van der Waals surface area contributed by atoms with Crippen LogP contribution in [-0.4, -0.2) is 16.0 Å². The Morgan fingerprint density at radius 2 is 2.13 bits per heavy atom. The third-order valence-corrected chi connectivity index (χ3v) is 2.76. The van der Waals surface area contributed by atoms with Gasteiger partial charge in [-0.2, -0.15) is 0 Å². The van der Waals surface area contributed by atoms with E-state index in [9.17, 15) is 0 Å². The fourth-order valence-corrected chi connectivity index (χ4v) is 1.86. The second-order valence-electron chi connectivity index (χ2n) is 4.02. The molecule has 2 rings (SSSR count). The number of nitrogens with one attached hydrogen (secondary N) is 1.